The first kappa shape index (κ1) is 26.5. The van der Waals surface area contributed by atoms with Crippen LogP contribution in [0.4, 0.5) is 0 Å². The molecule has 1 aromatic heterocycles. The molecule has 0 radical (unpaired) electrons. The van der Waals surface area contributed by atoms with Gasteiger partial charge < -0.3 is 4.90 Å². The molecule has 1 aromatic carbocycles. The van der Waals surface area contributed by atoms with Gasteiger partial charge in [-0.05, 0) is 44.4 Å². The van der Waals surface area contributed by atoms with E-state index in [1.165, 1.54) is 18.1 Å². The van der Waals surface area contributed by atoms with Gasteiger partial charge in [-0.1, -0.05) is 70.0 Å². The molecule has 4 heteroatoms. The topological polar surface area (TPSA) is 50.3 Å². The molecule has 0 fully saturated rings. The number of Topliss-reactive ketones (excluding diaryl/α,β-unsaturated/α-hetero) is 1. The first-order valence-corrected chi connectivity index (χ1v) is 10.6. The SMILES string of the molecule is CC.CCCC(c1ccc(C)cc1)N(CC(C)=O)C(=O)CC.Cc1cccnc1. The van der Waals surface area contributed by atoms with Gasteiger partial charge in [0, 0.05) is 18.8 Å². The van der Waals surface area contributed by atoms with Crippen LogP contribution in [0.25, 0.3) is 0 Å². The van der Waals surface area contributed by atoms with Gasteiger partial charge in [-0.15, -0.1) is 0 Å². The molecule has 0 N–H and O–H groups in total. The van der Waals surface area contributed by atoms with Gasteiger partial charge in [-0.3, -0.25) is 14.6 Å². The van der Waals surface area contributed by atoms with Crippen LogP contribution >= 0.6 is 0 Å². The van der Waals surface area contributed by atoms with E-state index in [9.17, 15) is 9.59 Å². The molecular formula is C25H38N2O2. The predicted octanol–water partition coefficient (Wildman–Crippen LogP) is 6.08. The van der Waals surface area contributed by atoms with E-state index in [1.54, 1.807) is 11.1 Å². The Morgan fingerprint density at radius 3 is 2.00 bits per heavy atom. The number of hydrogen-bond acceptors (Lipinski definition) is 3. The van der Waals surface area contributed by atoms with Crippen molar-refractivity contribution in [2.45, 2.75) is 73.8 Å². The van der Waals surface area contributed by atoms with Crippen LogP contribution in [0.1, 0.15) is 76.6 Å². The molecule has 1 amide bonds. The number of aromatic nitrogens is 1. The summed E-state index contributed by atoms with van der Waals surface area (Å²) in [6.45, 7) is 13.7. The number of amides is 1. The van der Waals surface area contributed by atoms with Crippen molar-refractivity contribution in [3.05, 3.63) is 65.5 Å². The normalized spacial score (nSPS) is 10.6. The van der Waals surface area contributed by atoms with Crippen LogP contribution in [0, 0.1) is 13.8 Å². The second kappa shape index (κ2) is 15.4. The number of pyridine rings is 1. The minimum Gasteiger partial charge on any atom is -0.328 e. The standard InChI is InChI=1S/C17H25NO2.C6H7N.C2H6/c1-5-7-16(15-10-8-13(3)9-11-15)18(12-14(4)19)17(20)6-2;1-6-3-2-4-7-5-6;1-2/h8-11,16H,5-7,12H2,1-4H3;2-5H,1H3;1-2H3. The van der Waals surface area contributed by atoms with Gasteiger partial charge in [0.25, 0.3) is 0 Å². The number of carbonyl (C=O) groups excluding carboxylic acids is 2. The molecule has 4 nitrogen and oxygen atoms in total. The molecule has 0 saturated heterocycles. The van der Waals surface area contributed by atoms with E-state index in [0.717, 1.165) is 18.4 Å². The fourth-order valence-corrected chi connectivity index (χ4v) is 2.83. The molecule has 0 aliphatic carbocycles. The summed E-state index contributed by atoms with van der Waals surface area (Å²) < 4.78 is 0. The zero-order valence-electron chi connectivity index (χ0n) is 19.2. The number of ketones is 1. The molecule has 2 rings (SSSR count). The first-order valence-electron chi connectivity index (χ1n) is 10.6. The third kappa shape index (κ3) is 10.6. The third-order valence-corrected chi connectivity index (χ3v) is 4.23. The Balaban J connectivity index is 0.000000722. The number of hydrogen-bond donors (Lipinski definition) is 0. The Hall–Kier alpha value is -2.49. The van der Waals surface area contributed by atoms with E-state index in [-0.39, 0.29) is 24.3 Å². The molecule has 2 aromatic rings. The first-order chi connectivity index (χ1) is 13.9. The van der Waals surface area contributed by atoms with Crippen molar-refractivity contribution < 1.29 is 9.59 Å². The monoisotopic (exact) mass is 398 g/mol. The summed E-state index contributed by atoms with van der Waals surface area (Å²) in [4.78, 5) is 29.3. The molecule has 0 aliphatic heterocycles. The average molecular weight is 399 g/mol. The second-order valence-corrected chi connectivity index (χ2v) is 6.82. The Morgan fingerprint density at radius 1 is 1.00 bits per heavy atom. The Morgan fingerprint density at radius 2 is 1.62 bits per heavy atom. The van der Waals surface area contributed by atoms with E-state index in [2.05, 4.69) is 36.2 Å². The summed E-state index contributed by atoms with van der Waals surface area (Å²) in [5.74, 6) is 0.0687. The fraction of sp³-hybridized carbons (Fsp3) is 0.480. The second-order valence-electron chi connectivity index (χ2n) is 6.82. The quantitative estimate of drug-likeness (QED) is 0.568. The Labute approximate surface area is 177 Å². The summed E-state index contributed by atoms with van der Waals surface area (Å²) in [6, 6.07) is 12.2. The summed E-state index contributed by atoms with van der Waals surface area (Å²) in [7, 11) is 0. The van der Waals surface area contributed by atoms with Gasteiger partial charge in [0.15, 0.2) is 0 Å². The van der Waals surface area contributed by atoms with Crippen molar-refractivity contribution in [1.82, 2.24) is 9.88 Å². The minimum absolute atomic E-state index is 0.00282. The highest BCUT2D eigenvalue weighted by molar-refractivity contribution is 5.84. The van der Waals surface area contributed by atoms with Crippen molar-refractivity contribution in [3.63, 3.8) is 0 Å². The van der Waals surface area contributed by atoms with Crippen LogP contribution < -0.4 is 0 Å². The Bertz CT molecular complexity index is 697. The number of nitrogens with zero attached hydrogens (tertiary/aromatic N) is 2. The number of carbonyl (C=O) groups is 2. The maximum absolute atomic E-state index is 12.2. The third-order valence-electron chi connectivity index (χ3n) is 4.23. The van der Waals surface area contributed by atoms with Crippen molar-refractivity contribution in [1.29, 1.82) is 0 Å². The number of rotatable bonds is 7. The van der Waals surface area contributed by atoms with Crippen LogP contribution in [-0.2, 0) is 9.59 Å². The predicted molar refractivity (Wildman–Crippen MR) is 122 cm³/mol. The molecule has 1 heterocycles. The molecule has 0 bridgehead atoms. The summed E-state index contributed by atoms with van der Waals surface area (Å²) in [6.07, 6.45) is 5.89. The molecule has 29 heavy (non-hydrogen) atoms. The van der Waals surface area contributed by atoms with Crippen molar-refractivity contribution in [2.75, 3.05) is 6.54 Å². The highest BCUT2D eigenvalue weighted by atomic mass is 16.2. The zero-order chi connectivity index (χ0) is 22.2. The lowest BCUT2D eigenvalue weighted by atomic mass is 9.98. The average Bonchev–Trinajstić information content (AvgIpc) is 2.73. The largest absolute Gasteiger partial charge is 0.328 e. The van der Waals surface area contributed by atoms with E-state index < -0.39 is 0 Å². The molecule has 0 aliphatic rings. The van der Waals surface area contributed by atoms with E-state index >= 15 is 0 Å². The van der Waals surface area contributed by atoms with Crippen molar-refractivity contribution in [2.24, 2.45) is 0 Å². The van der Waals surface area contributed by atoms with Gasteiger partial charge in [-0.2, -0.15) is 0 Å². The lowest BCUT2D eigenvalue weighted by Gasteiger charge is -2.31. The number of aryl methyl sites for hydroxylation is 2. The summed E-state index contributed by atoms with van der Waals surface area (Å²) >= 11 is 0. The van der Waals surface area contributed by atoms with Gasteiger partial charge >= 0.3 is 0 Å². The minimum atomic E-state index is -0.00282. The fourth-order valence-electron chi connectivity index (χ4n) is 2.83. The van der Waals surface area contributed by atoms with Crippen molar-refractivity contribution in [3.8, 4) is 0 Å². The van der Waals surface area contributed by atoms with Crippen LogP contribution in [0.5, 0.6) is 0 Å². The van der Waals surface area contributed by atoms with Crippen LogP contribution in [0.2, 0.25) is 0 Å². The number of benzene rings is 1. The van der Waals surface area contributed by atoms with Crippen LogP contribution in [-0.4, -0.2) is 28.1 Å². The maximum Gasteiger partial charge on any atom is 0.223 e. The Kier molecular flexibility index (Phi) is 14.1. The van der Waals surface area contributed by atoms with Crippen LogP contribution in [0.3, 0.4) is 0 Å². The highest BCUT2D eigenvalue weighted by Gasteiger charge is 2.24. The lowest BCUT2D eigenvalue weighted by Crippen LogP contribution is -2.37. The van der Waals surface area contributed by atoms with Crippen LogP contribution in [0.15, 0.2) is 48.8 Å². The van der Waals surface area contributed by atoms with Gasteiger partial charge in [0.1, 0.15) is 5.78 Å². The van der Waals surface area contributed by atoms with E-state index in [1.807, 2.05) is 52.9 Å². The molecule has 160 valence electrons. The lowest BCUT2D eigenvalue weighted by molar-refractivity contribution is -0.137. The molecule has 1 unspecified atom stereocenters. The molecule has 0 saturated carbocycles. The smallest absolute Gasteiger partial charge is 0.223 e. The molecular weight excluding hydrogens is 360 g/mol. The van der Waals surface area contributed by atoms with Crippen molar-refractivity contribution >= 4 is 11.7 Å². The van der Waals surface area contributed by atoms with E-state index in [4.69, 9.17) is 0 Å². The van der Waals surface area contributed by atoms with Gasteiger partial charge in [0.05, 0.1) is 12.6 Å². The molecule has 1 atom stereocenters. The highest BCUT2D eigenvalue weighted by Crippen LogP contribution is 2.26. The molecule has 0 spiro atoms. The van der Waals surface area contributed by atoms with E-state index in [0.29, 0.717) is 6.42 Å². The van der Waals surface area contributed by atoms with Gasteiger partial charge in [0.2, 0.25) is 5.91 Å². The summed E-state index contributed by atoms with van der Waals surface area (Å²) in [5.41, 5.74) is 3.52. The summed E-state index contributed by atoms with van der Waals surface area (Å²) in [5, 5.41) is 0. The zero-order valence-corrected chi connectivity index (χ0v) is 19.2. The van der Waals surface area contributed by atoms with Gasteiger partial charge in [-0.25, -0.2) is 0 Å². The maximum atomic E-state index is 12.2.